The second kappa shape index (κ2) is 6.01. The fraction of sp³-hybridized carbons (Fsp3) is 0.533. The molecule has 1 atom stereocenters. The lowest BCUT2D eigenvalue weighted by molar-refractivity contribution is -0.128. The van der Waals surface area contributed by atoms with Gasteiger partial charge in [-0.25, -0.2) is 0 Å². The maximum atomic E-state index is 11.9. The molecule has 0 bridgehead atoms. The van der Waals surface area contributed by atoms with E-state index in [1.54, 1.807) is 0 Å². The van der Waals surface area contributed by atoms with Crippen LogP contribution < -0.4 is 5.32 Å². The molecule has 0 aliphatic rings. The molecule has 100 valence electrons. The summed E-state index contributed by atoms with van der Waals surface area (Å²) >= 11 is 0. The van der Waals surface area contributed by atoms with Gasteiger partial charge in [0.05, 0.1) is 6.04 Å². The Morgan fingerprint density at radius 1 is 1.22 bits per heavy atom. The Labute approximate surface area is 110 Å². The van der Waals surface area contributed by atoms with Crippen LogP contribution in [0.1, 0.15) is 32.4 Å². The molecule has 1 aromatic rings. The number of hydrogen-bond donors (Lipinski definition) is 1. The van der Waals surface area contributed by atoms with E-state index in [1.165, 1.54) is 5.56 Å². The van der Waals surface area contributed by atoms with Gasteiger partial charge >= 0.3 is 0 Å². The average Bonchev–Trinajstić information content (AvgIpc) is 2.28. The predicted molar refractivity (Wildman–Crippen MR) is 75.3 cm³/mol. The lowest BCUT2D eigenvalue weighted by atomic mass is 9.95. The minimum atomic E-state index is -0.340. The van der Waals surface area contributed by atoms with E-state index in [0.717, 1.165) is 0 Å². The third-order valence-electron chi connectivity index (χ3n) is 2.94. The average molecular weight is 248 g/mol. The van der Waals surface area contributed by atoms with E-state index >= 15 is 0 Å². The molecule has 3 heteroatoms. The smallest absolute Gasteiger partial charge is 0.225 e. The van der Waals surface area contributed by atoms with Crippen molar-refractivity contribution in [2.75, 3.05) is 20.6 Å². The van der Waals surface area contributed by atoms with Crippen LogP contribution in [0.3, 0.4) is 0 Å². The third-order valence-corrected chi connectivity index (χ3v) is 2.94. The van der Waals surface area contributed by atoms with E-state index in [0.29, 0.717) is 6.54 Å². The first-order valence-corrected chi connectivity index (χ1v) is 6.32. The van der Waals surface area contributed by atoms with Gasteiger partial charge in [0, 0.05) is 12.0 Å². The van der Waals surface area contributed by atoms with Crippen LogP contribution in [0, 0.1) is 5.41 Å². The maximum Gasteiger partial charge on any atom is 0.225 e. The van der Waals surface area contributed by atoms with Crippen molar-refractivity contribution in [2.24, 2.45) is 5.41 Å². The number of hydrogen-bond acceptors (Lipinski definition) is 2. The summed E-state index contributed by atoms with van der Waals surface area (Å²) in [5.41, 5.74) is 0.879. The van der Waals surface area contributed by atoms with Gasteiger partial charge < -0.3 is 10.2 Å². The van der Waals surface area contributed by atoms with Gasteiger partial charge in [-0.05, 0) is 19.7 Å². The number of likely N-dealkylation sites (N-methyl/N-ethyl adjacent to an activating group) is 1. The molecule has 0 radical (unpaired) electrons. The van der Waals surface area contributed by atoms with Crippen molar-refractivity contribution in [1.29, 1.82) is 0 Å². The Hall–Kier alpha value is -1.35. The quantitative estimate of drug-likeness (QED) is 0.887. The molecule has 0 heterocycles. The Morgan fingerprint density at radius 2 is 1.78 bits per heavy atom. The van der Waals surface area contributed by atoms with Gasteiger partial charge in [0.15, 0.2) is 0 Å². The summed E-state index contributed by atoms with van der Waals surface area (Å²) in [6, 6.07) is 10.4. The summed E-state index contributed by atoms with van der Waals surface area (Å²) in [5, 5.41) is 3.02. The lowest BCUT2D eigenvalue weighted by Crippen LogP contribution is -2.40. The Bertz CT molecular complexity index is 379. The molecule has 0 aliphatic heterocycles. The number of nitrogens with zero attached hydrogens (tertiary/aromatic N) is 1. The molecule has 0 saturated heterocycles. The van der Waals surface area contributed by atoms with E-state index in [4.69, 9.17) is 0 Å². The lowest BCUT2D eigenvalue weighted by Gasteiger charge is -2.27. The van der Waals surface area contributed by atoms with Crippen molar-refractivity contribution in [3.8, 4) is 0 Å². The standard InChI is InChI=1S/C15H24N2O/c1-15(2,3)14(18)16-11-13(17(4)5)12-9-7-6-8-10-12/h6-10,13H,11H2,1-5H3,(H,16,18). The van der Waals surface area contributed by atoms with Gasteiger partial charge in [0.1, 0.15) is 0 Å². The largest absolute Gasteiger partial charge is 0.354 e. The second-order valence-corrected chi connectivity index (χ2v) is 5.85. The molecule has 1 aromatic carbocycles. The Morgan fingerprint density at radius 3 is 2.22 bits per heavy atom. The van der Waals surface area contributed by atoms with Gasteiger partial charge in [-0.3, -0.25) is 4.79 Å². The monoisotopic (exact) mass is 248 g/mol. The summed E-state index contributed by atoms with van der Waals surface area (Å²) < 4.78 is 0. The highest BCUT2D eigenvalue weighted by Crippen LogP contribution is 2.18. The minimum absolute atomic E-state index is 0.0882. The number of amides is 1. The van der Waals surface area contributed by atoms with Crippen LogP contribution in [0.5, 0.6) is 0 Å². The van der Waals surface area contributed by atoms with Crippen molar-refractivity contribution < 1.29 is 4.79 Å². The zero-order valence-corrected chi connectivity index (χ0v) is 12.0. The Kier molecular flexibility index (Phi) is 4.91. The highest BCUT2D eigenvalue weighted by atomic mass is 16.2. The summed E-state index contributed by atoms with van der Waals surface area (Å²) in [6.07, 6.45) is 0. The highest BCUT2D eigenvalue weighted by Gasteiger charge is 2.22. The molecular formula is C15H24N2O. The zero-order chi connectivity index (χ0) is 13.8. The molecule has 1 unspecified atom stereocenters. The molecule has 1 amide bonds. The number of carbonyl (C=O) groups excluding carboxylic acids is 1. The number of nitrogens with one attached hydrogen (secondary N) is 1. The molecule has 1 rings (SSSR count). The zero-order valence-electron chi connectivity index (χ0n) is 12.0. The fourth-order valence-corrected chi connectivity index (χ4v) is 1.73. The van der Waals surface area contributed by atoms with E-state index in [9.17, 15) is 4.79 Å². The third kappa shape index (κ3) is 4.15. The van der Waals surface area contributed by atoms with Gasteiger partial charge in [-0.1, -0.05) is 51.1 Å². The summed E-state index contributed by atoms with van der Waals surface area (Å²) in [6.45, 7) is 6.41. The minimum Gasteiger partial charge on any atom is -0.354 e. The predicted octanol–water partition coefficient (Wildman–Crippen LogP) is 2.45. The second-order valence-electron chi connectivity index (χ2n) is 5.85. The molecule has 0 saturated carbocycles. The van der Waals surface area contributed by atoms with Crippen molar-refractivity contribution >= 4 is 5.91 Å². The van der Waals surface area contributed by atoms with Gasteiger partial charge in [0.25, 0.3) is 0 Å². The van der Waals surface area contributed by atoms with Crippen LogP contribution in [0.15, 0.2) is 30.3 Å². The highest BCUT2D eigenvalue weighted by molar-refractivity contribution is 5.81. The van der Waals surface area contributed by atoms with Crippen LogP contribution in [-0.2, 0) is 4.79 Å². The van der Waals surface area contributed by atoms with E-state index < -0.39 is 0 Å². The van der Waals surface area contributed by atoms with Crippen molar-refractivity contribution in [2.45, 2.75) is 26.8 Å². The van der Waals surface area contributed by atoms with E-state index in [2.05, 4.69) is 22.3 Å². The molecule has 1 N–H and O–H groups in total. The van der Waals surface area contributed by atoms with Gasteiger partial charge in [0.2, 0.25) is 5.91 Å². The molecule has 0 aromatic heterocycles. The summed E-state index contributed by atoms with van der Waals surface area (Å²) in [4.78, 5) is 14.0. The molecule has 3 nitrogen and oxygen atoms in total. The summed E-state index contributed by atoms with van der Waals surface area (Å²) in [5.74, 6) is 0.0882. The topological polar surface area (TPSA) is 32.3 Å². The van der Waals surface area contributed by atoms with Crippen LogP contribution in [0.25, 0.3) is 0 Å². The molecule has 0 aliphatic carbocycles. The number of benzene rings is 1. The van der Waals surface area contributed by atoms with Crippen LogP contribution in [-0.4, -0.2) is 31.4 Å². The number of carbonyl (C=O) groups is 1. The van der Waals surface area contributed by atoms with Crippen molar-refractivity contribution in [3.05, 3.63) is 35.9 Å². The van der Waals surface area contributed by atoms with Crippen molar-refractivity contribution in [3.63, 3.8) is 0 Å². The van der Waals surface area contributed by atoms with E-state index in [-0.39, 0.29) is 17.4 Å². The SMILES string of the molecule is CN(C)C(CNC(=O)C(C)(C)C)c1ccccc1. The Balaban J connectivity index is 2.69. The first kappa shape index (κ1) is 14.7. The fourth-order valence-electron chi connectivity index (χ4n) is 1.73. The van der Waals surface area contributed by atoms with E-state index in [1.807, 2.05) is 53.1 Å². The molecule has 0 fully saturated rings. The first-order valence-electron chi connectivity index (χ1n) is 6.32. The first-order chi connectivity index (χ1) is 8.32. The normalized spacial score (nSPS) is 13.4. The molecule has 18 heavy (non-hydrogen) atoms. The van der Waals surface area contributed by atoms with Crippen LogP contribution in [0.4, 0.5) is 0 Å². The number of rotatable bonds is 4. The molecular weight excluding hydrogens is 224 g/mol. The van der Waals surface area contributed by atoms with Crippen LogP contribution in [0.2, 0.25) is 0 Å². The maximum absolute atomic E-state index is 11.9. The van der Waals surface area contributed by atoms with Crippen molar-refractivity contribution in [1.82, 2.24) is 10.2 Å². The van der Waals surface area contributed by atoms with Crippen LogP contribution >= 0.6 is 0 Å². The molecule has 0 spiro atoms. The summed E-state index contributed by atoms with van der Waals surface area (Å²) in [7, 11) is 4.06. The van der Waals surface area contributed by atoms with Gasteiger partial charge in [-0.2, -0.15) is 0 Å². The van der Waals surface area contributed by atoms with Gasteiger partial charge in [-0.15, -0.1) is 0 Å².